The van der Waals surface area contributed by atoms with Gasteiger partial charge in [-0.2, -0.15) is 0 Å². The molecule has 1 atom stereocenters. The molecule has 0 amide bonds. The van der Waals surface area contributed by atoms with Gasteiger partial charge < -0.3 is 5.11 Å². The van der Waals surface area contributed by atoms with Crippen LogP contribution in [-0.4, -0.2) is 11.2 Å². The van der Waals surface area contributed by atoms with Crippen molar-refractivity contribution in [3.05, 3.63) is 9.66 Å². The van der Waals surface area contributed by atoms with Crippen LogP contribution in [0.3, 0.4) is 0 Å². The zero-order valence-electron chi connectivity index (χ0n) is 6.76. The Balaban J connectivity index is 3.64. The van der Waals surface area contributed by atoms with Gasteiger partial charge >= 0.3 is 0 Å². The zero-order chi connectivity index (χ0) is 8.15. The van der Waals surface area contributed by atoms with Crippen LogP contribution in [0.4, 0.5) is 0 Å². The van der Waals surface area contributed by atoms with E-state index in [0.29, 0.717) is 5.92 Å². The molecular weight excluding hydrogens is 239 g/mol. The van der Waals surface area contributed by atoms with E-state index in [0.717, 1.165) is 10.0 Å². The smallest absolute Gasteiger partial charge is 0.0733 e. The molecule has 0 radical (unpaired) electrons. The quantitative estimate of drug-likeness (QED) is 0.768. The van der Waals surface area contributed by atoms with Gasteiger partial charge in [-0.15, -0.1) is 0 Å². The van der Waals surface area contributed by atoms with Gasteiger partial charge in [0.05, 0.1) is 6.10 Å². The number of aliphatic hydroxyl groups excluding tert-OH is 1. The van der Waals surface area contributed by atoms with Crippen molar-refractivity contribution in [2.24, 2.45) is 5.92 Å². The summed E-state index contributed by atoms with van der Waals surface area (Å²) in [6, 6.07) is 0. The van der Waals surface area contributed by atoms with Crippen molar-refractivity contribution in [2.45, 2.75) is 33.3 Å². The maximum atomic E-state index is 9.31. The molecule has 10 heavy (non-hydrogen) atoms. The Kier molecular flexibility index (Phi) is 5.35. The normalized spacial score (nSPS) is 16.0. The Bertz CT molecular complexity index is 114. The summed E-state index contributed by atoms with van der Waals surface area (Å²) < 4.78 is 1.16. The Labute approximate surface area is 76.7 Å². The summed E-state index contributed by atoms with van der Waals surface area (Å²) in [5, 5.41) is 9.31. The average molecular weight is 254 g/mol. The van der Waals surface area contributed by atoms with Gasteiger partial charge in [0, 0.05) is 0 Å². The molecular formula is C8H15IO. The summed E-state index contributed by atoms with van der Waals surface area (Å²) >= 11 is 2.21. The van der Waals surface area contributed by atoms with Gasteiger partial charge in [-0.05, 0) is 51.5 Å². The van der Waals surface area contributed by atoms with Crippen LogP contribution in [0.25, 0.3) is 0 Å². The number of hydrogen-bond acceptors (Lipinski definition) is 1. The molecule has 0 aliphatic carbocycles. The van der Waals surface area contributed by atoms with E-state index in [1.165, 1.54) is 0 Å². The first-order valence-electron chi connectivity index (χ1n) is 3.54. The van der Waals surface area contributed by atoms with Crippen LogP contribution in [0.15, 0.2) is 9.66 Å². The highest BCUT2D eigenvalue weighted by Gasteiger charge is 2.02. The molecule has 0 aromatic rings. The third-order valence-corrected chi connectivity index (χ3v) is 1.49. The van der Waals surface area contributed by atoms with Crippen molar-refractivity contribution in [3.63, 3.8) is 0 Å². The van der Waals surface area contributed by atoms with Gasteiger partial charge in [-0.25, -0.2) is 0 Å². The number of hydrogen-bond donors (Lipinski definition) is 1. The predicted octanol–water partition coefficient (Wildman–Crippen LogP) is 2.73. The predicted molar refractivity (Wildman–Crippen MR) is 53.2 cm³/mol. The molecule has 0 saturated carbocycles. The fraction of sp³-hybridized carbons (Fsp3) is 0.750. The Morgan fingerprint density at radius 3 is 2.40 bits per heavy atom. The SMILES string of the molecule is CC(I)=C[C@H](O)CC(C)C. The maximum Gasteiger partial charge on any atom is 0.0733 e. The molecule has 2 heteroatoms. The van der Waals surface area contributed by atoms with E-state index >= 15 is 0 Å². The van der Waals surface area contributed by atoms with Crippen molar-refractivity contribution in [3.8, 4) is 0 Å². The second kappa shape index (κ2) is 5.13. The van der Waals surface area contributed by atoms with E-state index in [9.17, 15) is 5.11 Å². The van der Waals surface area contributed by atoms with E-state index in [4.69, 9.17) is 0 Å². The highest BCUT2D eigenvalue weighted by atomic mass is 127. The van der Waals surface area contributed by atoms with E-state index in [1.54, 1.807) is 0 Å². The third kappa shape index (κ3) is 6.55. The largest absolute Gasteiger partial charge is 0.389 e. The first-order valence-corrected chi connectivity index (χ1v) is 4.62. The third-order valence-electron chi connectivity index (χ3n) is 1.13. The first kappa shape index (κ1) is 10.4. The molecule has 0 aliphatic rings. The van der Waals surface area contributed by atoms with E-state index in [-0.39, 0.29) is 6.10 Å². The Hall–Kier alpha value is 0.430. The molecule has 0 unspecified atom stereocenters. The second-order valence-electron chi connectivity index (χ2n) is 2.95. The minimum atomic E-state index is -0.253. The monoisotopic (exact) mass is 254 g/mol. The summed E-state index contributed by atoms with van der Waals surface area (Å²) in [7, 11) is 0. The molecule has 0 aromatic heterocycles. The highest BCUT2D eigenvalue weighted by Crippen LogP contribution is 2.10. The molecule has 0 fully saturated rings. The molecule has 0 aromatic carbocycles. The van der Waals surface area contributed by atoms with Gasteiger partial charge in [0.2, 0.25) is 0 Å². The molecule has 0 aliphatic heterocycles. The zero-order valence-corrected chi connectivity index (χ0v) is 8.92. The van der Waals surface area contributed by atoms with Crippen molar-refractivity contribution < 1.29 is 5.11 Å². The van der Waals surface area contributed by atoms with Gasteiger partial charge in [0.15, 0.2) is 0 Å². The summed E-state index contributed by atoms with van der Waals surface area (Å²) in [6.45, 7) is 6.21. The number of allylic oxidation sites excluding steroid dienone is 1. The number of halogens is 1. The molecule has 0 bridgehead atoms. The van der Waals surface area contributed by atoms with Gasteiger partial charge in [-0.3, -0.25) is 0 Å². The summed E-state index contributed by atoms with van der Waals surface area (Å²) in [5.41, 5.74) is 0. The molecule has 1 N–H and O–H groups in total. The van der Waals surface area contributed by atoms with Crippen molar-refractivity contribution in [1.29, 1.82) is 0 Å². The lowest BCUT2D eigenvalue weighted by atomic mass is 10.1. The fourth-order valence-electron chi connectivity index (χ4n) is 0.816. The lowest BCUT2D eigenvalue weighted by molar-refractivity contribution is 0.194. The van der Waals surface area contributed by atoms with Gasteiger partial charge in [-0.1, -0.05) is 13.8 Å². The van der Waals surface area contributed by atoms with Crippen LogP contribution in [0.2, 0.25) is 0 Å². The highest BCUT2D eigenvalue weighted by molar-refractivity contribution is 14.1. The Morgan fingerprint density at radius 2 is 2.10 bits per heavy atom. The van der Waals surface area contributed by atoms with Crippen LogP contribution in [0.5, 0.6) is 0 Å². The molecule has 60 valence electrons. The average Bonchev–Trinajstić information content (AvgIpc) is 1.58. The van der Waals surface area contributed by atoms with Crippen LogP contribution < -0.4 is 0 Å². The Morgan fingerprint density at radius 1 is 1.60 bits per heavy atom. The van der Waals surface area contributed by atoms with Crippen molar-refractivity contribution in [2.75, 3.05) is 0 Å². The summed E-state index contributed by atoms with van der Waals surface area (Å²) in [5.74, 6) is 0.571. The van der Waals surface area contributed by atoms with Crippen LogP contribution >= 0.6 is 22.6 Å². The minimum absolute atomic E-state index is 0.253. The second-order valence-corrected chi connectivity index (χ2v) is 4.65. The first-order chi connectivity index (χ1) is 4.52. The van der Waals surface area contributed by atoms with Crippen molar-refractivity contribution >= 4 is 22.6 Å². The fourth-order valence-corrected chi connectivity index (χ4v) is 1.23. The maximum absolute atomic E-state index is 9.31. The molecule has 0 saturated heterocycles. The standard InChI is InChI=1S/C8H15IO/c1-6(2)4-8(10)5-7(3)9/h5-6,8,10H,4H2,1-3H3/t8-/m1/s1. The number of rotatable bonds is 3. The van der Waals surface area contributed by atoms with E-state index < -0.39 is 0 Å². The van der Waals surface area contributed by atoms with Crippen LogP contribution in [0, 0.1) is 5.92 Å². The lowest BCUT2D eigenvalue weighted by Gasteiger charge is -2.07. The topological polar surface area (TPSA) is 20.2 Å². The van der Waals surface area contributed by atoms with Gasteiger partial charge in [0.1, 0.15) is 0 Å². The molecule has 0 spiro atoms. The van der Waals surface area contributed by atoms with E-state index in [2.05, 4.69) is 36.4 Å². The van der Waals surface area contributed by atoms with Crippen LogP contribution in [-0.2, 0) is 0 Å². The van der Waals surface area contributed by atoms with Crippen LogP contribution in [0.1, 0.15) is 27.2 Å². The molecule has 0 heterocycles. The lowest BCUT2D eigenvalue weighted by Crippen LogP contribution is -2.06. The number of aliphatic hydroxyl groups is 1. The summed E-state index contributed by atoms with van der Waals surface area (Å²) in [6.07, 6.45) is 2.50. The van der Waals surface area contributed by atoms with Gasteiger partial charge in [0.25, 0.3) is 0 Å². The van der Waals surface area contributed by atoms with E-state index in [1.807, 2.05) is 13.0 Å². The summed E-state index contributed by atoms with van der Waals surface area (Å²) in [4.78, 5) is 0. The molecule has 0 rings (SSSR count). The molecule has 1 nitrogen and oxygen atoms in total. The van der Waals surface area contributed by atoms with Crippen molar-refractivity contribution in [1.82, 2.24) is 0 Å². The minimum Gasteiger partial charge on any atom is -0.389 e.